The molecule has 2 aromatic carbocycles. The molecule has 1 unspecified atom stereocenters. The predicted octanol–water partition coefficient (Wildman–Crippen LogP) is 3.06. The third-order valence-electron chi connectivity index (χ3n) is 3.10. The summed E-state index contributed by atoms with van der Waals surface area (Å²) in [7, 11) is 1.59. The molecule has 0 saturated heterocycles. The predicted molar refractivity (Wildman–Crippen MR) is 70.0 cm³/mol. The van der Waals surface area contributed by atoms with E-state index in [4.69, 9.17) is 10.5 Å². The van der Waals surface area contributed by atoms with Crippen LogP contribution in [-0.4, -0.2) is 7.11 Å². The molecule has 2 nitrogen and oxygen atoms in total. The molecule has 0 amide bonds. The minimum Gasteiger partial charge on any atom is -0.497 e. The molecule has 0 radical (unpaired) electrons. The maximum Gasteiger partial charge on any atom is 0.128 e. The monoisotopic (exact) mass is 245 g/mol. The molecule has 3 heteroatoms. The summed E-state index contributed by atoms with van der Waals surface area (Å²) in [6.07, 6.45) is 0. The van der Waals surface area contributed by atoms with E-state index in [1.807, 2.05) is 24.3 Å². The second kappa shape index (κ2) is 4.78. The minimum absolute atomic E-state index is 0.301. The highest BCUT2D eigenvalue weighted by Crippen LogP contribution is 2.30. The first-order chi connectivity index (χ1) is 8.55. The van der Waals surface area contributed by atoms with Crippen molar-refractivity contribution < 1.29 is 9.13 Å². The number of hydrogen-bond donors (Lipinski definition) is 1. The number of nitrogens with two attached hydrogens (primary N) is 1. The zero-order valence-corrected chi connectivity index (χ0v) is 10.5. The molecule has 0 spiro atoms. The molecule has 0 fully saturated rings. The molecule has 0 aliphatic rings. The number of benzene rings is 2. The van der Waals surface area contributed by atoms with Crippen LogP contribution in [0.2, 0.25) is 0 Å². The Labute approximate surface area is 106 Å². The topological polar surface area (TPSA) is 35.2 Å². The van der Waals surface area contributed by atoms with Gasteiger partial charge in [-0.3, -0.25) is 0 Å². The SMILES string of the molecule is COc1cccc(C(C)(N)c2ccccc2F)c1. The Hall–Kier alpha value is -1.87. The lowest BCUT2D eigenvalue weighted by Gasteiger charge is -2.26. The number of halogens is 1. The first-order valence-corrected chi connectivity index (χ1v) is 5.74. The van der Waals surface area contributed by atoms with Crippen molar-refractivity contribution in [1.82, 2.24) is 0 Å². The quantitative estimate of drug-likeness (QED) is 0.902. The van der Waals surface area contributed by atoms with Crippen LogP contribution in [0, 0.1) is 5.82 Å². The van der Waals surface area contributed by atoms with Gasteiger partial charge < -0.3 is 10.5 Å². The number of rotatable bonds is 3. The molecule has 0 bridgehead atoms. The van der Waals surface area contributed by atoms with Gasteiger partial charge in [-0.2, -0.15) is 0 Å². The van der Waals surface area contributed by atoms with Gasteiger partial charge in [0, 0.05) is 5.56 Å². The largest absolute Gasteiger partial charge is 0.497 e. The molecule has 0 aliphatic heterocycles. The van der Waals surface area contributed by atoms with Gasteiger partial charge in [0.05, 0.1) is 12.6 Å². The van der Waals surface area contributed by atoms with Crippen LogP contribution in [0.15, 0.2) is 48.5 Å². The van der Waals surface area contributed by atoms with Crippen molar-refractivity contribution in [2.75, 3.05) is 7.11 Å². The summed E-state index contributed by atoms with van der Waals surface area (Å²) in [5, 5.41) is 0. The van der Waals surface area contributed by atoms with Gasteiger partial charge in [0.2, 0.25) is 0 Å². The average Bonchev–Trinajstić information content (AvgIpc) is 2.39. The molecule has 2 aromatic rings. The standard InChI is InChI=1S/C15H16FNO/c1-15(17,13-8-3-4-9-14(13)16)11-6-5-7-12(10-11)18-2/h3-10H,17H2,1-2H3. The van der Waals surface area contributed by atoms with Crippen molar-refractivity contribution in [3.8, 4) is 5.75 Å². The lowest BCUT2D eigenvalue weighted by atomic mass is 9.85. The molecule has 2 rings (SSSR count). The normalized spacial score (nSPS) is 14.0. The minimum atomic E-state index is -0.889. The molecule has 0 aliphatic carbocycles. The van der Waals surface area contributed by atoms with Crippen LogP contribution in [0.3, 0.4) is 0 Å². The van der Waals surface area contributed by atoms with E-state index in [2.05, 4.69) is 0 Å². The molecular weight excluding hydrogens is 229 g/mol. The Morgan fingerprint density at radius 2 is 1.83 bits per heavy atom. The van der Waals surface area contributed by atoms with E-state index in [-0.39, 0.29) is 5.82 Å². The maximum atomic E-state index is 13.8. The third kappa shape index (κ3) is 2.22. The van der Waals surface area contributed by atoms with E-state index in [1.54, 1.807) is 32.2 Å². The summed E-state index contributed by atoms with van der Waals surface area (Å²) < 4.78 is 19.0. The smallest absolute Gasteiger partial charge is 0.128 e. The van der Waals surface area contributed by atoms with Crippen molar-refractivity contribution in [3.63, 3.8) is 0 Å². The highest BCUT2D eigenvalue weighted by atomic mass is 19.1. The molecule has 18 heavy (non-hydrogen) atoms. The van der Waals surface area contributed by atoms with Gasteiger partial charge in [0.25, 0.3) is 0 Å². The highest BCUT2D eigenvalue weighted by Gasteiger charge is 2.26. The van der Waals surface area contributed by atoms with Crippen molar-refractivity contribution in [3.05, 3.63) is 65.5 Å². The maximum absolute atomic E-state index is 13.8. The zero-order chi connectivity index (χ0) is 13.2. The Morgan fingerprint density at radius 1 is 1.11 bits per heavy atom. The molecule has 2 N–H and O–H groups in total. The van der Waals surface area contributed by atoms with Gasteiger partial charge in [-0.05, 0) is 30.7 Å². The van der Waals surface area contributed by atoms with E-state index in [0.29, 0.717) is 11.3 Å². The Bertz CT molecular complexity index is 552. The molecule has 94 valence electrons. The number of hydrogen-bond acceptors (Lipinski definition) is 2. The third-order valence-corrected chi connectivity index (χ3v) is 3.10. The Balaban J connectivity index is 2.50. The second-order valence-electron chi connectivity index (χ2n) is 4.41. The van der Waals surface area contributed by atoms with Crippen molar-refractivity contribution >= 4 is 0 Å². The lowest BCUT2D eigenvalue weighted by molar-refractivity contribution is 0.412. The summed E-state index contributed by atoms with van der Waals surface area (Å²) in [5.74, 6) is 0.408. The van der Waals surface area contributed by atoms with Crippen LogP contribution in [0.4, 0.5) is 4.39 Å². The summed E-state index contributed by atoms with van der Waals surface area (Å²) in [6, 6.07) is 13.9. The Morgan fingerprint density at radius 3 is 2.50 bits per heavy atom. The summed E-state index contributed by atoms with van der Waals surface area (Å²) in [5.41, 5.74) is 6.68. The first kappa shape index (κ1) is 12.6. The van der Waals surface area contributed by atoms with Crippen molar-refractivity contribution in [2.45, 2.75) is 12.5 Å². The fraction of sp³-hybridized carbons (Fsp3) is 0.200. The number of methoxy groups -OCH3 is 1. The fourth-order valence-electron chi connectivity index (χ4n) is 1.98. The molecule has 0 saturated carbocycles. The first-order valence-electron chi connectivity index (χ1n) is 5.74. The van der Waals surface area contributed by atoms with Crippen LogP contribution < -0.4 is 10.5 Å². The van der Waals surface area contributed by atoms with E-state index >= 15 is 0 Å². The van der Waals surface area contributed by atoms with Gasteiger partial charge in [0.15, 0.2) is 0 Å². The van der Waals surface area contributed by atoms with Crippen molar-refractivity contribution in [2.24, 2.45) is 5.73 Å². The van der Waals surface area contributed by atoms with E-state index in [1.165, 1.54) is 6.07 Å². The van der Waals surface area contributed by atoms with Crippen LogP contribution in [0.5, 0.6) is 5.75 Å². The Kier molecular flexibility index (Phi) is 3.34. The molecule has 1 atom stereocenters. The van der Waals surface area contributed by atoms with E-state index in [0.717, 1.165) is 5.56 Å². The highest BCUT2D eigenvalue weighted by molar-refractivity contribution is 5.41. The van der Waals surface area contributed by atoms with Gasteiger partial charge >= 0.3 is 0 Å². The molecule has 0 heterocycles. The lowest BCUT2D eigenvalue weighted by Crippen LogP contribution is -2.35. The summed E-state index contributed by atoms with van der Waals surface area (Å²) >= 11 is 0. The second-order valence-corrected chi connectivity index (χ2v) is 4.41. The van der Waals surface area contributed by atoms with Gasteiger partial charge in [-0.15, -0.1) is 0 Å². The van der Waals surface area contributed by atoms with E-state index in [9.17, 15) is 4.39 Å². The van der Waals surface area contributed by atoms with Crippen LogP contribution in [-0.2, 0) is 5.54 Å². The zero-order valence-electron chi connectivity index (χ0n) is 10.5. The van der Waals surface area contributed by atoms with Crippen LogP contribution in [0.1, 0.15) is 18.1 Å². The summed E-state index contributed by atoms with van der Waals surface area (Å²) in [4.78, 5) is 0. The van der Waals surface area contributed by atoms with Crippen molar-refractivity contribution in [1.29, 1.82) is 0 Å². The molecule has 0 aromatic heterocycles. The number of ether oxygens (including phenoxy) is 1. The average molecular weight is 245 g/mol. The summed E-state index contributed by atoms with van der Waals surface area (Å²) in [6.45, 7) is 1.79. The molecular formula is C15H16FNO. The van der Waals surface area contributed by atoms with Gasteiger partial charge in [-0.1, -0.05) is 30.3 Å². The van der Waals surface area contributed by atoms with Crippen LogP contribution in [0.25, 0.3) is 0 Å². The van der Waals surface area contributed by atoms with Crippen LogP contribution >= 0.6 is 0 Å². The fourth-order valence-corrected chi connectivity index (χ4v) is 1.98. The van der Waals surface area contributed by atoms with Gasteiger partial charge in [-0.25, -0.2) is 4.39 Å². The van der Waals surface area contributed by atoms with Gasteiger partial charge in [0.1, 0.15) is 11.6 Å². The van der Waals surface area contributed by atoms with E-state index < -0.39 is 5.54 Å².